The van der Waals surface area contributed by atoms with Crippen LogP contribution in [0.3, 0.4) is 0 Å². The number of aromatic nitrogens is 1. The molecular formula is C12H18N4OS. The van der Waals surface area contributed by atoms with Crippen molar-refractivity contribution >= 4 is 29.2 Å². The van der Waals surface area contributed by atoms with Gasteiger partial charge >= 0.3 is 0 Å². The summed E-state index contributed by atoms with van der Waals surface area (Å²) in [4.78, 5) is 17.6. The first kappa shape index (κ1) is 13.0. The minimum Gasteiger partial charge on any atom is -0.396 e. The highest BCUT2D eigenvalue weighted by molar-refractivity contribution is 8.00. The smallest absolute Gasteiger partial charge is 0.267 e. The Balaban J connectivity index is 2.37. The molecular weight excluding hydrogens is 248 g/mol. The lowest BCUT2D eigenvalue weighted by Gasteiger charge is -2.38. The van der Waals surface area contributed by atoms with Crippen molar-refractivity contribution < 1.29 is 4.79 Å². The lowest BCUT2D eigenvalue weighted by atomic mass is 10.2. The number of hydrogen-bond acceptors (Lipinski definition) is 5. The number of thioether (sulfide) groups is 1. The molecule has 0 aliphatic carbocycles. The molecule has 2 heterocycles. The lowest BCUT2D eigenvalue weighted by molar-refractivity contribution is 0.0995. The Morgan fingerprint density at radius 1 is 1.50 bits per heavy atom. The van der Waals surface area contributed by atoms with E-state index in [-0.39, 0.29) is 5.69 Å². The van der Waals surface area contributed by atoms with Crippen LogP contribution in [-0.2, 0) is 0 Å². The number of rotatable bonds is 2. The molecule has 2 atom stereocenters. The summed E-state index contributed by atoms with van der Waals surface area (Å²) in [5, 5.41) is 0.511. The average Bonchev–Trinajstić information content (AvgIpc) is 2.33. The molecule has 1 fully saturated rings. The highest BCUT2D eigenvalue weighted by Gasteiger charge is 2.27. The maximum atomic E-state index is 11.2. The fourth-order valence-corrected chi connectivity index (χ4v) is 3.16. The summed E-state index contributed by atoms with van der Waals surface area (Å²) in [5.74, 6) is 1.18. The highest BCUT2D eigenvalue weighted by atomic mass is 32.2. The number of amides is 1. The first-order chi connectivity index (χ1) is 8.50. The number of primary amides is 1. The van der Waals surface area contributed by atoms with E-state index in [2.05, 4.69) is 23.7 Å². The van der Waals surface area contributed by atoms with Gasteiger partial charge in [0.05, 0.1) is 5.69 Å². The van der Waals surface area contributed by atoms with Crippen LogP contribution in [0.1, 0.15) is 24.3 Å². The second kappa shape index (κ2) is 5.06. The van der Waals surface area contributed by atoms with Crippen molar-refractivity contribution in [1.82, 2.24) is 4.98 Å². The minimum atomic E-state index is -0.525. The number of pyridine rings is 1. The van der Waals surface area contributed by atoms with Crippen molar-refractivity contribution in [2.45, 2.75) is 25.1 Å². The van der Waals surface area contributed by atoms with Gasteiger partial charge in [0.1, 0.15) is 5.69 Å². The molecule has 1 amide bonds. The Hall–Kier alpha value is -1.43. The monoisotopic (exact) mass is 266 g/mol. The number of nitrogen functional groups attached to an aromatic ring is 1. The quantitative estimate of drug-likeness (QED) is 0.837. The molecule has 1 aromatic rings. The first-order valence-electron chi connectivity index (χ1n) is 5.95. The molecule has 1 aromatic heterocycles. The predicted octanol–water partition coefficient (Wildman–Crippen LogP) is 1.09. The Morgan fingerprint density at radius 2 is 2.22 bits per heavy atom. The lowest BCUT2D eigenvalue weighted by Crippen LogP contribution is -2.45. The Bertz CT molecular complexity index is 465. The maximum absolute atomic E-state index is 11.2. The number of hydrogen-bond donors (Lipinski definition) is 2. The molecule has 0 bridgehead atoms. The highest BCUT2D eigenvalue weighted by Crippen LogP contribution is 2.31. The van der Waals surface area contributed by atoms with Gasteiger partial charge in [0.25, 0.3) is 5.91 Å². The Labute approximate surface area is 111 Å². The third-order valence-corrected chi connectivity index (χ3v) is 4.65. The molecule has 0 aromatic carbocycles. The number of nitrogens with two attached hydrogens (primary N) is 2. The summed E-state index contributed by atoms with van der Waals surface area (Å²) in [6, 6.07) is 3.59. The van der Waals surface area contributed by atoms with Crippen molar-refractivity contribution in [3.05, 3.63) is 17.8 Å². The van der Waals surface area contributed by atoms with Crippen LogP contribution in [0.5, 0.6) is 0 Å². The van der Waals surface area contributed by atoms with Gasteiger partial charge in [-0.25, -0.2) is 4.98 Å². The zero-order valence-electron chi connectivity index (χ0n) is 10.6. The molecule has 1 saturated heterocycles. The largest absolute Gasteiger partial charge is 0.396 e. The summed E-state index contributed by atoms with van der Waals surface area (Å²) in [6.45, 7) is 5.22. The van der Waals surface area contributed by atoms with E-state index in [0.717, 1.165) is 12.3 Å². The van der Waals surface area contributed by atoms with E-state index in [0.29, 0.717) is 22.8 Å². The van der Waals surface area contributed by atoms with Crippen molar-refractivity contribution in [2.24, 2.45) is 5.73 Å². The van der Waals surface area contributed by atoms with Crippen LogP contribution in [0.25, 0.3) is 0 Å². The predicted molar refractivity (Wildman–Crippen MR) is 75.9 cm³/mol. The molecule has 2 rings (SSSR count). The average molecular weight is 266 g/mol. The standard InChI is InChI=1S/C12H18N4OS/c1-7-8(2)18-6-5-16(7)12-9(13)3-4-10(15-12)11(14)17/h3-4,7-8H,5-6,13H2,1-2H3,(H2,14,17). The second-order valence-corrected chi connectivity index (χ2v) is 5.97. The summed E-state index contributed by atoms with van der Waals surface area (Å²) >= 11 is 1.94. The first-order valence-corrected chi connectivity index (χ1v) is 7.00. The van der Waals surface area contributed by atoms with E-state index in [1.165, 1.54) is 0 Å². The summed E-state index contributed by atoms with van der Waals surface area (Å²) in [5.41, 5.74) is 12.1. The minimum absolute atomic E-state index is 0.261. The third-order valence-electron chi connectivity index (χ3n) is 3.31. The Kier molecular flexibility index (Phi) is 3.65. The molecule has 0 radical (unpaired) electrons. The van der Waals surface area contributed by atoms with E-state index in [1.54, 1.807) is 12.1 Å². The van der Waals surface area contributed by atoms with Crippen LogP contribution < -0.4 is 16.4 Å². The molecule has 0 spiro atoms. The molecule has 5 nitrogen and oxygen atoms in total. The van der Waals surface area contributed by atoms with Crippen molar-refractivity contribution in [3.8, 4) is 0 Å². The summed E-state index contributed by atoms with van der Waals surface area (Å²) in [6.07, 6.45) is 0. The molecule has 18 heavy (non-hydrogen) atoms. The molecule has 1 aliphatic rings. The maximum Gasteiger partial charge on any atom is 0.267 e. The van der Waals surface area contributed by atoms with E-state index >= 15 is 0 Å². The van der Waals surface area contributed by atoms with Crippen LogP contribution >= 0.6 is 11.8 Å². The van der Waals surface area contributed by atoms with Gasteiger partial charge in [-0.15, -0.1) is 0 Å². The zero-order chi connectivity index (χ0) is 13.3. The van der Waals surface area contributed by atoms with Crippen LogP contribution in [0, 0.1) is 0 Å². The number of anilines is 2. The molecule has 1 aliphatic heterocycles. The summed E-state index contributed by atoms with van der Waals surface area (Å²) < 4.78 is 0. The zero-order valence-corrected chi connectivity index (χ0v) is 11.4. The normalized spacial score (nSPS) is 24.0. The van der Waals surface area contributed by atoms with E-state index in [4.69, 9.17) is 11.5 Å². The van der Waals surface area contributed by atoms with Gasteiger partial charge in [-0.1, -0.05) is 6.92 Å². The van der Waals surface area contributed by atoms with Gasteiger partial charge in [0.15, 0.2) is 5.82 Å². The SMILES string of the molecule is CC1SCCN(c2nc(C(N)=O)ccc2N)C1C. The fraction of sp³-hybridized carbons (Fsp3) is 0.500. The van der Waals surface area contributed by atoms with Crippen LogP contribution in [0.15, 0.2) is 12.1 Å². The van der Waals surface area contributed by atoms with Gasteiger partial charge in [-0.05, 0) is 19.1 Å². The number of carbonyl (C=O) groups is 1. The van der Waals surface area contributed by atoms with Crippen LogP contribution in [0.2, 0.25) is 0 Å². The van der Waals surface area contributed by atoms with Gasteiger partial charge in [0, 0.05) is 23.6 Å². The third kappa shape index (κ3) is 2.38. The Morgan fingerprint density at radius 3 is 2.89 bits per heavy atom. The molecule has 4 N–H and O–H groups in total. The molecule has 2 unspecified atom stereocenters. The van der Waals surface area contributed by atoms with E-state index in [9.17, 15) is 4.79 Å². The van der Waals surface area contributed by atoms with Gasteiger partial charge in [-0.3, -0.25) is 4.79 Å². The fourth-order valence-electron chi connectivity index (χ4n) is 2.06. The molecule has 6 heteroatoms. The van der Waals surface area contributed by atoms with E-state index < -0.39 is 5.91 Å². The molecule has 0 saturated carbocycles. The van der Waals surface area contributed by atoms with Crippen LogP contribution in [-0.4, -0.2) is 34.5 Å². The topological polar surface area (TPSA) is 85.2 Å². The van der Waals surface area contributed by atoms with Crippen molar-refractivity contribution in [3.63, 3.8) is 0 Å². The van der Waals surface area contributed by atoms with Crippen molar-refractivity contribution in [1.29, 1.82) is 0 Å². The van der Waals surface area contributed by atoms with Gasteiger partial charge in [0.2, 0.25) is 0 Å². The molecule has 98 valence electrons. The van der Waals surface area contributed by atoms with Crippen molar-refractivity contribution in [2.75, 3.05) is 22.9 Å². The number of nitrogens with zero attached hydrogens (tertiary/aromatic N) is 2. The number of carbonyl (C=O) groups excluding carboxylic acids is 1. The van der Waals surface area contributed by atoms with Gasteiger partial charge in [-0.2, -0.15) is 11.8 Å². The van der Waals surface area contributed by atoms with Crippen LogP contribution in [0.4, 0.5) is 11.5 Å². The second-order valence-electron chi connectivity index (χ2n) is 4.48. The summed E-state index contributed by atoms with van der Waals surface area (Å²) in [7, 11) is 0. The van der Waals surface area contributed by atoms with E-state index in [1.807, 2.05) is 11.8 Å². The van der Waals surface area contributed by atoms with Gasteiger partial charge < -0.3 is 16.4 Å².